The average Bonchev–Trinajstić information content (AvgIpc) is 2.56. The van der Waals surface area contributed by atoms with E-state index >= 15 is 0 Å². The molecule has 2 N–H and O–H groups in total. The normalized spacial score (nSPS) is 25.5. The molecular formula is C20H24IN. The van der Waals surface area contributed by atoms with Gasteiger partial charge < -0.3 is 5.73 Å². The van der Waals surface area contributed by atoms with Crippen LogP contribution in [0, 0.1) is 0 Å². The largest absolute Gasteiger partial charge is 0.327 e. The SMILES string of the molecule is CCCC(N)C1(c2ccc(-c3ccccc3)cc2)CCC1I. The number of hydrogen-bond acceptors (Lipinski definition) is 1. The van der Waals surface area contributed by atoms with Crippen molar-refractivity contribution >= 4 is 22.6 Å². The van der Waals surface area contributed by atoms with E-state index in [4.69, 9.17) is 5.73 Å². The lowest BCUT2D eigenvalue weighted by Gasteiger charge is -2.51. The van der Waals surface area contributed by atoms with Gasteiger partial charge in [0.1, 0.15) is 0 Å². The summed E-state index contributed by atoms with van der Waals surface area (Å²) < 4.78 is 0.661. The van der Waals surface area contributed by atoms with Gasteiger partial charge in [-0.25, -0.2) is 0 Å². The molecule has 1 aliphatic rings. The van der Waals surface area contributed by atoms with Crippen LogP contribution in [0.15, 0.2) is 54.6 Å². The van der Waals surface area contributed by atoms with E-state index in [0.29, 0.717) is 3.92 Å². The van der Waals surface area contributed by atoms with Crippen LogP contribution in [0.25, 0.3) is 11.1 Å². The van der Waals surface area contributed by atoms with Crippen molar-refractivity contribution in [1.82, 2.24) is 0 Å². The first-order valence-electron chi connectivity index (χ1n) is 8.24. The number of alkyl halides is 1. The van der Waals surface area contributed by atoms with Crippen molar-refractivity contribution in [2.24, 2.45) is 5.73 Å². The fourth-order valence-electron chi connectivity index (χ4n) is 3.69. The molecule has 1 nitrogen and oxygen atoms in total. The quantitative estimate of drug-likeness (QED) is 0.529. The fraction of sp³-hybridized carbons (Fsp3) is 0.400. The smallest absolute Gasteiger partial charge is 0.0222 e. The predicted octanol–water partition coefficient (Wildman–Crippen LogP) is 5.32. The van der Waals surface area contributed by atoms with Crippen molar-refractivity contribution in [1.29, 1.82) is 0 Å². The Bertz CT molecular complexity index is 607. The molecule has 116 valence electrons. The van der Waals surface area contributed by atoms with Crippen LogP contribution >= 0.6 is 22.6 Å². The van der Waals surface area contributed by atoms with Gasteiger partial charge in [-0.2, -0.15) is 0 Å². The maximum Gasteiger partial charge on any atom is 0.0222 e. The van der Waals surface area contributed by atoms with E-state index in [-0.39, 0.29) is 11.5 Å². The molecule has 2 aromatic rings. The van der Waals surface area contributed by atoms with Crippen LogP contribution in [0.4, 0.5) is 0 Å². The van der Waals surface area contributed by atoms with Gasteiger partial charge in [-0.05, 0) is 36.0 Å². The third-order valence-electron chi connectivity index (χ3n) is 5.16. The Morgan fingerprint density at radius 3 is 2.23 bits per heavy atom. The highest BCUT2D eigenvalue weighted by atomic mass is 127. The number of rotatable bonds is 5. The zero-order valence-corrected chi connectivity index (χ0v) is 15.3. The van der Waals surface area contributed by atoms with E-state index in [1.54, 1.807) is 0 Å². The molecule has 0 amide bonds. The maximum atomic E-state index is 6.59. The summed E-state index contributed by atoms with van der Waals surface area (Å²) in [6, 6.07) is 20.0. The van der Waals surface area contributed by atoms with E-state index in [1.807, 2.05) is 0 Å². The molecule has 3 rings (SSSR count). The molecule has 2 aromatic carbocycles. The molecule has 0 saturated heterocycles. The van der Waals surface area contributed by atoms with E-state index in [9.17, 15) is 0 Å². The van der Waals surface area contributed by atoms with Crippen LogP contribution in [0.1, 0.15) is 38.2 Å². The van der Waals surface area contributed by atoms with Gasteiger partial charge in [-0.15, -0.1) is 0 Å². The summed E-state index contributed by atoms with van der Waals surface area (Å²) in [5.41, 5.74) is 10.8. The third-order valence-corrected chi connectivity index (χ3v) is 6.90. The van der Waals surface area contributed by atoms with Gasteiger partial charge in [0.15, 0.2) is 0 Å². The molecule has 1 aliphatic carbocycles. The topological polar surface area (TPSA) is 26.0 Å². The van der Waals surface area contributed by atoms with Gasteiger partial charge in [-0.3, -0.25) is 0 Å². The molecule has 0 aliphatic heterocycles. The van der Waals surface area contributed by atoms with Gasteiger partial charge in [-0.1, -0.05) is 90.5 Å². The Morgan fingerprint density at radius 2 is 1.73 bits per heavy atom. The predicted molar refractivity (Wildman–Crippen MR) is 103 cm³/mol. The molecule has 0 radical (unpaired) electrons. The van der Waals surface area contributed by atoms with Crippen molar-refractivity contribution in [3.05, 3.63) is 60.2 Å². The number of halogens is 1. The second-order valence-electron chi connectivity index (χ2n) is 6.39. The van der Waals surface area contributed by atoms with E-state index in [1.165, 1.54) is 29.5 Å². The molecule has 3 atom stereocenters. The maximum absolute atomic E-state index is 6.59. The van der Waals surface area contributed by atoms with Gasteiger partial charge in [0, 0.05) is 15.4 Å². The minimum atomic E-state index is 0.186. The Balaban J connectivity index is 1.91. The Hall–Kier alpha value is -0.870. The molecule has 22 heavy (non-hydrogen) atoms. The van der Waals surface area contributed by atoms with Crippen LogP contribution in [0.5, 0.6) is 0 Å². The summed E-state index contributed by atoms with van der Waals surface area (Å²) in [6.45, 7) is 2.23. The van der Waals surface area contributed by atoms with Crippen LogP contribution < -0.4 is 5.73 Å². The lowest BCUT2D eigenvalue weighted by Crippen LogP contribution is -2.57. The second-order valence-corrected chi connectivity index (χ2v) is 7.89. The van der Waals surface area contributed by atoms with E-state index in [2.05, 4.69) is 84.1 Å². The Kier molecular flexibility index (Phi) is 4.88. The van der Waals surface area contributed by atoms with Crippen molar-refractivity contribution < 1.29 is 0 Å². The summed E-state index contributed by atoms with van der Waals surface area (Å²) in [4.78, 5) is 0. The highest BCUT2D eigenvalue weighted by molar-refractivity contribution is 14.1. The van der Waals surface area contributed by atoms with E-state index in [0.717, 1.165) is 12.8 Å². The van der Waals surface area contributed by atoms with Crippen LogP contribution in [-0.2, 0) is 5.41 Å². The lowest BCUT2D eigenvalue weighted by molar-refractivity contribution is 0.209. The zero-order chi connectivity index (χ0) is 15.6. The minimum Gasteiger partial charge on any atom is -0.327 e. The Morgan fingerprint density at radius 1 is 1.09 bits per heavy atom. The van der Waals surface area contributed by atoms with Crippen LogP contribution in [0.3, 0.4) is 0 Å². The highest BCUT2D eigenvalue weighted by Crippen LogP contribution is 2.51. The van der Waals surface area contributed by atoms with Gasteiger partial charge in [0.25, 0.3) is 0 Å². The lowest BCUT2D eigenvalue weighted by atomic mass is 9.59. The van der Waals surface area contributed by atoms with Crippen molar-refractivity contribution in [3.63, 3.8) is 0 Å². The second kappa shape index (κ2) is 6.71. The monoisotopic (exact) mass is 405 g/mol. The number of hydrogen-bond donors (Lipinski definition) is 1. The summed E-state index contributed by atoms with van der Waals surface area (Å²) in [5, 5.41) is 0. The molecular weight excluding hydrogens is 381 g/mol. The summed E-state index contributed by atoms with van der Waals surface area (Å²) in [7, 11) is 0. The fourth-order valence-corrected chi connectivity index (χ4v) is 5.14. The summed E-state index contributed by atoms with van der Waals surface area (Å²) >= 11 is 2.61. The highest BCUT2D eigenvalue weighted by Gasteiger charge is 2.50. The molecule has 1 fully saturated rings. The average molecular weight is 405 g/mol. The van der Waals surface area contributed by atoms with Gasteiger partial charge in [0.2, 0.25) is 0 Å². The summed E-state index contributed by atoms with van der Waals surface area (Å²) in [5.74, 6) is 0. The van der Waals surface area contributed by atoms with Crippen molar-refractivity contribution in [2.75, 3.05) is 0 Å². The molecule has 3 unspecified atom stereocenters. The minimum absolute atomic E-state index is 0.186. The molecule has 0 aromatic heterocycles. The van der Waals surface area contributed by atoms with Gasteiger partial charge >= 0.3 is 0 Å². The zero-order valence-electron chi connectivity index (χ0n) is 13.1. The third kappa shape index (κ3) is 2.71. The van der Waals surface area contributed by atoms with Crippen LogP contribution in [-0.4, -0.2) is 9.97 Å². The first kappa shape index (κ1) is 16.0. The number of nitrogens with two attached hydrogens (primary N) is 1. The number of benzene rings is 2. The van der Waals surface area contributed by atoms with Crippen molar-refractivity contribution in [2.45, 2.75) is 48.0 Å². The summed E-state index contributed by atoms with van der Waals surface area (Å²) in [6.07, 6.45) is 4.79. The molecule has 0 spiro atoms. The molecule has 1 saturated carbocycles. The van der Waals surface area contributed by atoms with E-state index < -0.39 is 0 Å². The van der Waals surface area contributed by atoms with Crippen molar-refractivity contribution in [3.8, 4) is 11.1 Å². The molecule has 2 heteroatoms. The first-order chi connectivity index (χ1) is 10.7. The van der Waals surface area contributed by atoms with Crippen LogP contribution in [0.2, 0.25) is 0 Å². The first-order valence-corrected chi connectivity index (χ1v) is 9.48. The van der Waals surface area contributed by atoms with Gasteiger partial charge in [0.05, 0.1) is 0 Å². The molecule has 0 bridgehead atoms. The molecule has 0 heterocycles. The Labute approximate surface area is 147 Å². The standard InChI is InChI=1S/C20H24IN/c1-2-6-19(22)20(14-13-18(20)21)17-11-9-16(10-12-17)15-7-4-3-5-8-15/h3-5,7-12,18-19H,2,6,13-14,22H2,1H3.